The summed E-state index contributed by atoms with van der Waals surface area (Å²) >= 11 is 0. The molecule has 3 nitrogen and oxygen atoms in total. The summed E-state index contributed by atoms with van der Waals surface area (Å²) in [6.07, 6.45) is 0.900. The van der Waals surface area contributed by atoms with Crippen molar-refractivity contribution in [2.24, 2.45) is 0 Å². The van der Waals surface area contributed by atoms with Crippen LogP contribution in [0.15, 0.2) is 36.4 Å². The number of benzene rings is 1. The molecule has 0 spiro atoms. The van der Waals surface area contributed by atoms with Crippen molar-refractivity contribution in [3.63, 3.8) is 0 Å². The number of hydrogen-bond donors (Lipinski definition) is 2. The Labute approximate surface area is 133 Å². The lowest BCUT2D eigenvalue weighted by Gasteiger charge is -2.35. The summed E-state index contributed by atoms with van der Waals surface area (Å²) in [7, 11) is 0. The molecule has 1 atom stereocenters. The third-order valence-corrected chi connectivity index (χ3v) is 3.43. The first-order chi connectivity index (χ1) is 8.68. The molecule has 0 amide bonds. The number of phenols is 1. The van der Waals surface area contributed by atoms with Gasteiger partial charge in [0, 0.05) is 37.8 Å². The summed E-state index contributed by atoms with van der Waals surface area (Å²) in [6.45, 7) is 10.1. The zero-order chi connectivity index (χ0) is 13.0. The minimum atomic E-state index is 0. The molecular weight excluding hydrogens is 295 g/mol. The third kappa shape index (κ3) is 4.98. The standard InChI is InChI=1S/C15H22N2O.2ClH/c1-12(2)11-14(17-9-7-16-8-10-17)13-5-3-4-6-15(13)18;;/h3-6,14,16,18H,1,7-11H2,2H3;2*1H/t14-;;/m0../s1. The summed E-state index contributed by atoms with van der Waals surface area (Å²) < 4.78 is 0. The predicted molar refractivity (Wildman–Crippen MR) is 89.2 cm³/mol. The number of halogens is 2. The lowest BCUT2D eigenvalue weighted by Crippen LogP contribution is -2.45. The highest BCUT2D eigenvalue weighted by Gasteiger charge is 2.23. The topological polar surface area (TPSA) is 35.5 Å². The van der Waals surface area contributed by atoms with Gasteiger partial charge in [0.05, 0.1) is 0 Å². The van der Waals surface area contributed by atoms with Crippen molar-refractivity contribution in [2.75, 3.05) is 26.2 Å². The van der Waals surface area contributed by atoms with Crippen LogP contribution in [-0.4, -0.2) is 36.2 Å². The maximum absolute atomic E-state index is 10.1. The van der Waals surface area contributed by atoms with E-state index in [2.05, 4.69) is 23.7 Å². The van der Waals surface area contributed by atoms with Crippen LogP contribution in [0.25, 0.3) is 0 Å². The Bertz CT molecular complexity index is 420. The summed E-state index contributed by atoms with van der Waals surface area (Å²) in [5.41, 5.74) is 2.17. The van der Waals surface area contributed by atoms with Crippen molar-refractivity contribution in [3.05, 3.63) is 42.0 Å². The van der Waals surface area contributed by atoms with Crippen molar-refractivity contribution in [1.82, 2.24) is 10.2 Å². The van der Waals surface area contributed by atoms with Crippen LogP contribution in [0.3, 0.4) is 0 Å². The Morgan fingerprint density at radius 3 is 2.45 bits per heavy atom. The molecular formula is C15H24Cl2N2O. The van der Waals surface area contributed by atoms with Gasteiger partial charge in [0.15, 0.2) is 0 Å². The fourth-order valence-corrected chi connectivity index (χ4v) is 2.53. The first-order valence-corrected chi connectivity index (χ1v) is 6.55. The highest BCUT2D eigenvalue weighted by atomic mass is 35.5. The van der Waals surface area contributed by atoms with Gasteiger partial charge in [-0.3, -0.25) is 4.90 Å². The second kappa shape index (κ2) is 9.24. The Morgan fingerprint density at radius 1 is 1.30 bits per heavy atom. The Hall–Kier alpha value is -0.740. The monoisotopic (exact) mass is 318 g/mol. The second-order valence-electron chi connectivity index (χ2n) is 5.02. The molecule has 5 heteroatoms. The van der Waals surface area contributed by atoms with Gasteiger partial charge in [0.25, 0.3) is 0 Å². The molecule has 20 heavy (non-hydrogen) atoms. The number of piperazine rings is 1. The molecule has 2 rings (SSSR count). The van der Waals surface area contributed by atoms with Gasteiger partial charge in [-0.25, -0.2) is 0 Å². The van der Waals surface area contributed by atoms with Gasteiger partial charge < -0.3 is 10.4 Å². The molecule has 1 aliphatic rings. The van der Waals surface area contributed by atoms with E-state index in [0.29, 0.717) is 5.75 Å². The molecule has 114 valence electrons. The fourth-order valence-electron chi connectivity index (χ4n) is 2.53. The SMILES string of the molecule is C=C(C)C[C@@H](c1ccccc1O)N1CCNCC1.Cl.Cl. The van der Waals surface area contributed by atoms with Crippen molar-refractivity contribution in [2.45, 2.75) is 19.4 Å². The largest absolute Gasteiger partial charge is 0.508 e. The highest BCUT2D eigenvalue weighted by Crippen LogP contribution is 2.32. The Balaban J connectivity index is 0.00000180. The van der Waals surface area contributed by atoms with Crippen LogP contribution < -0.4 is 5.32 Å². The van der Waals surface area contributed by atoms with Crippen LogP contribution in [0.4, 0.5) is 0 Å². The number of nitrogens with one attached hydrogen (secondary N) is 1. The van der Waals surface area contributed by atoms with Crippen molar-refractivity contribution in [3.8, 4) is 5.75 Å². The lowest BCUT2D eigenvalue weighted by molar-refractivity contribution is 0.170. The Morgan fingerprint density at radius 2 is 1.90 bits per heavy atom. The zero-order valence-electron chi connectivity index (χ0n) is 11.8. The van der Waals surface area contributed by atoms with Crippen molar-refractivity contribution in [1.29, 1.82) is 0 Å². The van der Waals surface area contributed by atoms with E-state index < -0.39 is 0 Å². The smallest absolute Gasteiger partial charge is 0.120 e. The van der Waals surface area contributed by atoms with Crippen molar-refractivity contribution < 1.29 is 5.11 Å². The lowest BCUT2D eigenvalue weighted by atomic mass is 9.97. The van der Waals surface area contributed by atoms with Crippen molar-refractivity contribution >= 4 is 24.8 Å². The zero-order valence-corrected chi connectivity index (χ0v) is 13.5. The normalized spacial score (nSPS) is 16.6. The number of para-hydroxylation sites is 1. The molecule has 1 heterocycles. The minimum absolute atomic E-state index is 0. The van der Waals surface area contributed by atoms with Crippen LogP contribution in [0.2, 0.25) is 0 Å². The van der Waals surface area contributed by atoms with E-state index in [9.17, 15) is 5.11 Å². The molecule has 0 aliphatic carbocycles. The average Bonchev–Trinajstić information content (AvgIpc) is 2.38. The maximum atomic E-state index is 10.1. The van der Waals surface area contributed by atoms with E-state index >= 15 is 0 Å². The van der Waals surface area contributed by atoms with E-state index in [-0.39, 0.29) is 30.9 Å². The molecule has 0 aromatic heterocycles. The second-order valence-corrected chi connectivity index (χ2v) is 5.02. The third-order valence-electron chi connectivity index (χ3n) is 3.43. The molecule has 2 N–H and O–H groups in total. The van der Waals surface area contributed by atoms with Crippen LogP contribution in [0.1, 0.15) is 24.9 Å². The number of nitrogens with zero attached hydrogens (tertiary/aromatic N) is 1. The summed E-state index contributed by atoms with van der Waals surface area (Å²) in [5.74, 6) is 0.391. The van der Waals surface area contributed by atoms with E-state index in [1.165, 1.54) is 0 Å². The minimum Gasteiger partial charge on any atom is -0.508 e. The van der Waals surface area contributed by atoms with Gasteiger partial charge in [-0.05, 0) is 19.4 Å². The average molecular weight is 319 g/mol. The fraction of sp³-hybridized carbons (Fsp3) is 0.467. The molecule has 0 saturated carbocycles. The summed E-state index contributed by atoms with van der Waals surface area (Å²) in [6, 6.07) is 7.89. The van der Waals surface area contributed by atoms with Crippen LogP contribution in [0, 0.1) is 0 Å². The number of hydrogen-bond acceptors (Lipinski definition) is 3. The molecule has 1 saturated heterocycles. The summed E-state index contributed by atoms with van der Waals surface area (Å²) in [4.78, 5) is 2.43. The molecule has 1 aromatic rings. The first kappa shape index (κ1) is 19.3. The van der Waals surface area contributed by atoms with Gasteiger partial charge in [0.1, 0.15) is 5.75 Å². The number of rotatable bonds is 4. The molecule has 1 fully saturated rings. The maximum Gasteiger partial charge on any atom is 0.120 e. The highest BCUT2D eigenvalue weighted by molar-refractivity contribution is 5.85. The van der Waals surface area contributed by atoms with E-state index in [4.69, 9.17) is 0 Å². The van der Waals surface area contributed by atoms with Gasteiger partial charge >= 0.3 is 0 Å². The van der Waals surface area contributed by atoms with E-state index in [1.54, 1.807) is 6.07 Å². The van der Waals surface area contributed by atoms with E-state index in [1.807, 2.05) is 18.2 Å². The molecule has 0 radical (unpaired) electrons. The van der Waals surface area contributed by atoms with Crippen LogP contribution in [-0.2, 0) is 0 Å². The van der Waals surface area contributed by atoms with E-state index in [0.717, 1.165) is 43.7 Å². The Kier molecular flexibility index (Phi) is 8.90. The molecule has 1 aromatic carbocycles. The van der Waals surface area contributed by atoms with Gasteiger partial charge in [-0.15, -0.1) is 31.4 Å². The number of phenolic OH excluding ortho intramolecular Hbond substituents is 1. The molecule has 0 unspecified atom stereocenters. The quantitative estimate of drug-likeness (QED) is 0.837. The van der Waals surface area contributed by atoms with Crippen LogP contribution >= 0.6 is 24.8 Å². The molecule has 1 aliphatic heterocycles. The molecule has 0 bridgehead atoms. The van der Waals surface area contributed by atoms with Gasteiger partial charge in [-0.1, -0.05) is 23.8 Å². The number of aromatic hydroxyl groups is 1. The first-order valence-electron chi connectivity index (χ1n) is 6.55. The summed E-state index contributed by atoms with van der Waals surface area (Å²) in [5, 5.41) is 13.4. The van der Waals surface area contributed by atoms with Crippen LogP contribution in [0.5, 0.6) is 5.75 Å². The van der Waals surface area contributed by atoms with Gasteiger partial charge in [0.2, 0.25) is 0 Å². The predicted octanol–water partition coefficient (Wildman–Crippen LogP) is 3.15. The van der Waals surface area contributed by atoms with Gasteiger partial charge in [-0.2, -0.15) is 0 Å².